The average Bonchev–Trinajstić information content (AvgIpc) is 3.55. The summed E-state index contributed by atoms with van der Waals surface area (Å²) in [5.74, 6) is 0.680. The number of rotatable bonds is 6. The molecule has 1 atom stereocenters. The van der Waals surface area contributed by atoms with Gasteiger partial charge in [-0.15, -0.1) is 11.3 Å². The predicted octanol–water partition coefficient (Wildman–Crippen LogP) is 5.90. The zero-order valence-electron chi connectivity index (χ0n) is 20.1. The van der Waals surface area contributed by atoms with Gasteiger partial charge in [-0.25, -0.2) is 4.98 Å². The van der Waals surface area contributed by atoms with Gasteiger partial charge in [-0.1, -0.05) is 48.0 Å². The van der Waals surface area contributed by atoms with Crippen molar-refractivity contribution in [3.8, 4) is 11.5 Å². The van der Waals surface area contributed by atoms with Crippen molar-refractivity contribution in [2.75, 3.05) is 12.0 Å². The fraction of sp³-hybridized carbons (Fsp3) is 0.138. The summed E-state index contributed by atoms with van der Waals surface area (Å²) in [6.07, 6.45) is 1.63. The minimum absolute atomic E-state index is 0.0323. The Bertz CT molecular complexity index is 1680. The molecular formula is C29H22N2O5S. The van der Waals surface area contributed by atoms with Gasteiger partial charge in [0, 0.05) is 11.6 Å². The van der Waals surface area contributed by atoms with E-state index < -0.39 is 11.9 Å². The maximum atomic E-state index is 13.8. The van der Waals surface area contributed by atoms with E-state index >= 15 is 0 Å². The highest BCUT2D eigenvalue weighted by Gasteiger charge is 2.45. The summed E-state index contributed by atoms with van der Waals surface area (Å²) < 4.78 is 17.7. The van der Waals surface area contributed by atoms with Gasteiger partial charge in [0.2, 0.25) is 5.76 Å². The normalized spacial score (nSPS) is 14.7. The van der Waals surface area contributed by atoms with Crippen LogP contribution in [0.1, 0.15) is 38.9 Å². The van der Waals surface area contributed by atoms with E-state index in [2.05, 4.69) is 4.98 Å². The topological polar surface area (TPSA) is 81.9 Å². The lowest BCUT2D eigenvalue weighted by molar-refractivity contribution is 0.0971. The highest BCUT2D eigenvalue weighted by atomic mass is 32.1. The summed E-state index contributed by atoms with van der Waals surface area (Å²) in [5, 5.41) is 2.70. The molecule has 5 aromatic rings. The minimum atomic E-state index is -0.730. The zero-order chi connectivity index (χ0) is 25.5. The lowest BCUT2D eigenvalue weighted by Gasteiger charge is -2.23. The van der Waals surface area contributed by atoms with Gasteiger partial charge in [0.15, 0.2) is 22.1 Å². The number of thiazole rings is 1. The van der Waals surface area contributed by atoms with E-state index in [9.17, 15) is 9.59 Å². The fourth-order valence-corrected chi connectivity index (χ4v) is 5.31. The van der Waals surface area contributed by atoms with Crippen LogP contribution in [0.15, 0.2) is 87.5 Å². The van der Waals surface area contributed by atoms with E-state index in [-0.39, 0.29) is 11.2 Å². The van der Waals surface area contributed by atoms with Crippen LogP contribution >= 0.6 is 11.3 Å². The van der Waals surface area contributed by atoms with E-state index in [1.54, 1.807) is 43.0 Å². The van der Waals surface area contributed by atoms with Crippen molar-refractivity contribution >= 4 is 33.3 Å². The number of methoxy groups -OCH3 is 1. The van der Waals surface area contributed by atoms with E-state index in [0.29, 0.717) is 45.3 Å². The molecule has 1 aliphatic rings. The second-order valence-electron chi connectivity index (χ2n) is 8.75. The molecule has 0 radical (unpaired) electrons. The Kier molecular flexibility index (Phi) is 5.73. The third-order valence-electron chi connectivity index (χ3n) is 6.39. The average molecular weight is 511 g/mol. The molecule has 3 aromatic carbocycles. The first-order valence-corrected chi connectivity index (χ1v) is 12.6. The van der Waals surface area contributed by atoms with Crippen LogP contribution in [0.3, 0.4) is 0 Å². The van der Waals surface area contributed by atoms with Crippen molar-refractivity contribution in [2.45, 2.75) is 19.6 Å². The van der Waals surface area contributed by atoms with Crippen molar-refractivity contribution in [3.05, 3.63) is 117 Å². The number of carbonyl (C=O) groups is 1. The molecule has 0 saturated heterocycles. The second kappa shape index (κ2) is 9.22. The largest absolute Gasteiger partial charge is 0.493 e. The van der Waals surface area contributed by atoms with E-state index in [1.807, 2.05) is 49.4 Å². The number of ether oxygens (including phenoxy) is 2. The minimum Gasteiger partial charge on any atom is -0.493 e. The molecule has 2 aromatic heterocycles. The number of anilines is 1. The molecule has 184 valence electrons. The monoisotopic (exact) mass is 510 g/mol. The Hall–Kier alpha value is -4.43. The van der Waals surface area contributed by atoms with E-state index in [0.717, 1.165) is 11.1 Å². The molecule has 6 rings (SSSR count). The first kappa shape index (κ1) is 23.0. The van der Waals surface area contributed by atoms with Crippen LogP contribution in [0.5, 0.6) is 11.5 Å². The quantitative estimate of drug-likeness (QED) is 0.283. The molecule has 3 heterocycles. The predicted molar refractivity (Wildman–Crippen MR) is 142 cm³/mol. The number of aromatic nitrogens is 1. The summed E-state index contributed by atoms with van der Waals surface area (Å²) in [5.41, 5.74) is 3.08. The lowest BCUT2D eigenvalue weighted by atomic mass is 9.98. The molecule has 0 aliphatic carbocycles. The third kappa shape index (κ3) is 3.95. The SMILES string of the molecule is COc1cc(C2c3c(oc4ccc(C)cc4c3=O)C(=O)N2c2nccs2)ccc1OCc1ccccc1. The summed E-state index contributed by atoms with van der Waals surface area (Å²) >= 11 is 1.32. The van der Waals surface area contributed by atoms with Gasteiger partial charge in [-0.05, 0) is 42.3 Å². The summed E-state index contributed by atoms with van der Waals surface area (Å²) in [7, 11) is 1.56. The Morgan fingerprint density at radius 1 is 1.03 bits per heavy atom. The van der Waals surface area contributed by atoms with Crippen LogP contribution in [-0.2, 0) is 6.61 Å². The first-order chi connectivity index (χ1) is 18.0. The number of aryl methyl sites for hydroxylation is 1. The summed E-state index contributed by atoms with van der Waals surface area (Å²) in [4.78, 5) is 33.3. The molecule has 0 spiro atoms. The van der Waals surface area contributed by atoms with Crippen molar-refractivity contribution < 1.29 is 18.7 Å². The molecule has 37 heavy (non-hydrogen) atoms. The molecule has 1 amide bonds. The van der Waals surface area contributed by atoms with Crippen molar-refractivity contribution in [1.29, 1.82) is 0 Å². The van der Waals surface area contributed by atoms with Crippen LogP contribution in [0.25, 0.3) is 11.0 Å². The van der Waals surface area contributed by atoms with Crippen LogP contribution in [0, 0.1) is 6.92 Å². The summed E-state index contributed by atoms with van der Waals surface area (Å²) in [6, 6.07) is 19.9. The van der Waals surface area contributed by atoms with Gasteiger partial charge < -0.3 is 13.9 Å². The number of benzene rings is 3. The zero-order valence-corrected chi connectivity index (χ0v) is 21.0. The van der Waals surface area contributed by atoms with Crippen LogP contribution in [0.4, 0.5) is 5.13 Å². The molecule has 7 nitrogen and oxygen atoms in total. The van der Waals surface area contributed by atoms with Crippen LogP contribution in [-0.4, -0.2) is 18.0 Å². The van der Waals surface area contributed by atoms with Crippen molar-refractivity contribution in [1.82, 2.24) is 4.98 Å². The molecule has 0 saturated carbocycles. The maximum absolute atomic E-state index is 13.8. The fourth-order valence-electron chi connectivity index (χ4n) is 4.64. The lowest BCUT2D eigenvalue weighted by Crippen LogP contribution is -2.29. The van der Waals surface area contributed by atoms with Gasteiger partial charge in [0.1, 0.15) is 12.2 Å². The van der Waals surface area contributed by atoms with Crippen LogP contribution in [0.2, 0.25) is 0 Å². The molecule has 0 fully saturated rings. The first-order valence-electron chi connectivity index (χ1n) is 11.7. The van der Waals surface area contributed by atoms with Gasteiger partial charge >= 0.3 is 0 Å². The van der Waals surface area contributed by atoms with Crippen LogP contribution < -0.4 is 19.8 Å². The smallest absolute Gasteiger partial charge is 0.297 e. The number of nitrogens with zero attached hydrogens (tertiary/aromatic N) is 2. The maximum Gasteiger partial charge on any atom is 0.297 e. The molecule has 8 heteroatoms. The Balaban J connectivity index is 1.48. The third-order valence-corrected chi connectivity index (χ3v) is 7.16. The molecule has 1 unspecified atom stereocenters. The number of amides is 1. The summed E-state index contributed by atoms with van der Waals surface area (Å²) in [6.45, 7) is 2.29. The number of carbonyl (C=O) groups excluding carboxylic acids is 1. The highest BCUT2D eigenvalue weighted by molar-refractivity contribution is 7.13. The van der Waals surface area contributed by atoms with E-state index in [4.69, 9.17) is 13.9 Å². The Morgan fingerprint density at radius 3 is 2.62 bits per heavy atom. The molecule has 1 aliphatic heterocycles. The standard InChI is InChI=1S/C29H22N2O5S/c1-17-8-10-21-20(14-17)26(32)24-25(31(28(33)27(24)36-21)29-30-12-13-37-29)19-9-11-22(23(15-19)34-2)35-16-18-6-4-3-5-7-18/h3-15,25H,16H2,1-2H3. The van der Waals surface area contributed by atoms with Gasteiger partial charge in [0.25, 0.3) is 5.91 Å². The molecule has 0 bridgehead atoms. The Labute approximate surface area is 216 Å². The van der Waals surface area contributed by atoms with Crippen molar-refractivity contribution in [3.63, 3.8) is 0 Å². The molecule has 0 N–H and O–H groups in total. The van der Waals surface area contributed by atoms with Gasteiger partial charge in [-0.2, -0.15) is 0 Å². The van der Waals surface area contributed by atoms with Crippen molar-refractivity contribution in [2.24, 2.45) is 0 Å². The van der Waals surface area contributed by atoms with E-state index in [1.165, 1.54) is 16.2 Å². The Morgan fingerprint density at radius 2 is 1.86 bits per heavy atom. The number of hydrogen-bond donors (Lipinski definition) is 0. The molecular weight excluding hydrogens is 488 g/mol. The highest BCUT2D eigenvalue weighted by Crippen LogP contribution is 2.43. The van der Waals surface area contributed by atoms with Gasteiger partial charge in [-0.3, -0.25) is 14.5 Å². The van der Waals surface area contributed by atoms with Gasteiger partial charge in [0.05, 0.1) is 24.1 Å². The number of fused-ring (bicyclic) bond motifs is 2. The number of hydrogen-bond acceptors (Lipinski definition) is 7. The second-order valence-corrected chi connectivity index (χ2v) is 9.62.